The fraction of sp³-hybridized carbons (Fsp3) is 0.643. The lowest BCUT2D eigenvalue weighted by atomic mass is 9.81. The van der Waals surface area contributed by atoms with Crippen LogP contribution >= 0.6 is 0 Å². The molecule has 8 nitrogen and oxygen atoms in total. The summed E-state index contributed by atoms with van der Waals surface area (Å²) in [7, 11) is 0. The number of likely N-dealkylation sites (tertiary alicyclic amines) is 1. The molecule has 3 heterocycles. The van der Waals surface area contributed by atoms with Crippen molar-refractivity contribution in [2.24, 2.45) is 11.3 Å². The Balaban J connectivity index is 1.17. The van der Waals surface area contributed by atoms with E-state index in [1.165, 1.54) is 0 Å². The molecule has 1 aliphatic carbocycles. The first-order valence-corrected chi connectivity index (χ1v) is 13.3. The number of hydrogen-bond donors (Lipinski definition) is 1. The van der Waals surface area contributed by atoms with Gasteiger partial charge in [0.25, 0.3) is 0 Å². The van der Waals surface area contributed by atoms with Crippen molar-refractivity contribution in [1.82, 2.24) is 20.1 Å². The lowest BCUT2D eigenvalue weighted by Crippen LogP contribution is -2.40. The maximum Gasteiger partial charge on any atom is 0.312 e. The van der Waals surface area contributed by atoms with Crippen molar-refractivity contribution >= 4 is 11.9 Å². The average molecular weight is 497 g/mol. The third-order valence-corrected chi connectivity index (χ3v) is 7.40. The molecule has 196 valence electrons. The van der Waals surface area contributed by atoms with Gasteiger partial charge < -0.3 is 14.4 Å². The van der Waals surface area contributed by atoms with Gasteiger partial charge in [0, 0.05) is 25.7 Å². The Bertz CT molecular complexity index is 984. The van der Waals surface area contributed by atoms with Gasteiger partial charge in [-0.1, -0.05) is 12.8 Å². The summed E-state index contributed by atoms with van der Waals surface area (Å²) in [4.78, 5) is 32.2. The summed E-state index contributed by atoms with van der Waals surface area (Å²) in [6, 6.07) is 5.73. The molecule has 0 bridgehead atoms. The summed E-state index contributed by atoms with van der Waals surface area (Å²) in [6.45, 7) is 7.91. The number of pyridine rings is 1. The van der Waals surface area contributed by atoms with Crippen molar-refractivity contribution in [2.75, 3.05) is 19.7 Å². The van der Waals surface area contributed by atoms with Crippen LogP contribution in [0.25, 0.3) is 11.4 Å². The van der Waals surface area contributed by atoms with Crippen LogP contribution in [-0.2, 0) is 14.3 Å². The van der Waals surface area contributed by atoms with E-state index in [1.54, 1.807) is 12.4 Å². The summed E-state index contributed by atoms with van der Waals surface area (Å²) >= 11 is 0. The largest absolute Gasteiger partial charge is 0.492 e. The molecule has 0 spiro atoms. The van der Waals surface area contributed by atoms with E-state index in [0.717, 1.165) is 81.6 Å². The maximum atomic E-state index is 12.9. The number of ether oxygens (including phenoxy) is 2. The Hall–Kier alpha value is -2.90. The van der Waals surface area contributed by atoms with Crippen molar-refractivity contribution < 1.29 is 19.1 Å². The number of nitrogens with zero attached hydrogens (tertiary/aromatic N) is 3. The van der Waals surface area contributed by atoms with E-state index in [2.05, 4.69) is 15.2 Å². The van der Waals surface area contributed by atoms with Crippen LogP contribution in [0.1, 0.15) is 78.6 Å². The third-order valence-electron chi connectivity index (χ3n) is 7.40. The number of carbonyl (C=O) groups is 2. The molecule has 1 aliphatic heterocycles. The van der Waals surface area contributed by atoms with E-state index < -0.39 is 11.0 Å². The zero-order chi connectivity index (χ0) is 25.6. The number of aromatic nitrogens is 3. The molecule has 0 unspecified atom stereocenters. The first-order valence-electron chi connectivity index (χ1n) is 13.3. The lowest BCUT2D eigenvalue weighted by Gasteiger charge is -2.33. The first-order chi connectivity index (χ1) is 17.2. The SMILES string of the molecule is CC(C)(C)OC(=O)C1(CCCC(=O)N2CCC(COc3ccc(-c4ccn[nH]4)nc3)CC2)CCCC1. The van der Waals surface area contributed by atoms with Gasteiger partial charge in [-0.2, -0.15) is 5.10 Å². The van der Waals surface area contributed by atoms with Gasteiger partial charge in [-0.3, -0.25) is 19.7 Å². The molecule has 1 saturated heterocycles. The molecule has 1 N–H and O–H groups in total. The van der Waals surface area contributed by atoms with Crippen molar-refractivity contribution in [2.45, 2.75) is 84.2 Å². The Kier molecular flexibility index (Phi) is 8.32. The van der Waals surface area contributed by atoms with Crippen LogP contribution in [0, 0.1) is 11.3 Å². The highest BCUT2D eigenvalue weighted by Gasteiger charge is 2.43. The second-order valence-electron chi connectivity index (χ2n) is 11.3. The normalized spacial score (nSPS) is 18.2. The summed E-state index contributed by atoms with van der Waals surface area (Å²) in [5, 5.41) is 6.85. The van der Waals surface area contributed by atoms with Gasteiger partial charge >= 0.3 is 5.97 Å². The predicted octanol–water partition coefficient (Wildman–Crippen LogP) is 5.16. The Labute approximate surface area is 214 Å². The number of carbonyl (C=O) groups excluding carboxylic acids is 2. The summed E-state index contributed by atoms with van der Waals surface area (Å²) in [5.74, 6) is 1.30. The lowest BCUT2D eigenvalue weighted by molar-refractivity contribution is -0.168. The molecule has 2 fully saturated rings. The van der Waals surface area contributed by atoms with Crippen LogP contribution in [-0.4, -0.2) is 57.3 Å². The molecule has 2 aromatic heterocycles. The number of H-pyrrole nitrogens is 1. The number of piperidine rings is 1. The topological polar surface area (TPSA) is 97.4 Å². The van der Waals surface area contributed by atoms with Gasteiger partial charge in [-0.15, -0.1) is 0 Å². The van der Waals surface area contributed by atoms with Crippen LogP contribution in [0.3, 0.4) is 0 Å². The fourth-order valence-corrected chi connectivity index (χ4v) is 5.32. The minimum Gasteiger partial charge on any atom is -0.492 e. The molecule has 0 aromatic carbocycles. The zero-order valence-electron chi connectivity index (χ0n) is 21.9. The minimum atomic E-state index is -0.476. The number of esters is 1. The van der Waals surface area contributed by atoms with E-state index in [9.17, 15) is 9.59 Å². The van der Waals surface area contributed by atoms with Crippen molar-refractivity contribution in [3.8, 4) is 17.1 Å². The molecule has 0 radical (unpaired) electrons. The summed E-state index contributed by atoms with van der Waals surface area (Å²) in [6.07, 6.45) is 11.2. The zero-order valence-corrected chi connectivity index (χ0v) is 21.9. The van der Waals surface area contributed by atoms with E-state index in [-0.39, 0.29) is 11.9 Å². The average Bonchev–Trinajstić information content (AvgIpc) is 3.56. The monoisotopic (exact) mass is 496 g/mol. The number of nitrogens with one attached hydrogen (secondary N) is 1. The molecule has 8 heteroatoms. The predicted molar refractivity (Wildman–Crippen MR) is 137 cm³/mol. The molecule has 4 rings (SSSR count). The van der Waals surface area contributed by atoms with E-state index in [4.69, 9.17) is 9.47 Å². The minimum absolute atomic E-state index is 0.0769. The van der Waals surface area contributed by atoms with Crippen molar-refractivity contribution in [3.05, 3.63) is 30.6 Å². The Morgan fingerprint density at radius 3 is 2.50 bits per heavy atom. The van der Waals surface area contributed by atoms with Crippen LogP contribution in [0.2, 0.25) is 0 Å². The van der Waals surface area contributed by atoms with Crippen LogP contribution < -0.4 is 4.74 Å². The smallest absolute Gasteiger partial charge is 0.312 e. The molecule has 0 atom stereocenters. The number of rotatable bonds is 9. The first kappa shape index (κ1) is 26.2. The number of aromatic amines is 1. The highest BCUT2D eigenvalue weighted by molar-refractivity contribution is 5.78. The quantitative estimate of drug-likeness (QED) is 0.482. The Morgan fingerprint density at radius 1 is 1.14 bits per heavy atom. The summed E-state index contributed by atoms with van der Waals surface area (Å²) in [5.41, 5.74) is 0.832. The molecule has 1 saturated carbocycles. The van der Waals surface area contributed by atoms with E-state index in [0.29, 0.717) is 18.9 Å². The van der Waals surface area contributed by atoms with E-state index in [1.807, 2.05) is 43.9 Å². The van der Waals surface area contributed by atoms with E-state index >= 15 is 0 Å². The Morgan fingerprint density at radius 2 is 1.89 bits per heavy atom. The molecule has 1 amide bonds. The van der Waals surface area contributed by atoms with Crippen LogP contribution in [0.4, 0.5) is 0 Å². The highest BCUT2D eigenvalue weighted by atomic mass is 16.6. The van der Waals surface area contributed by atoms with Crippen molar-refractivity contribution in [3.63, 3.8) is 0 Å². The standard InChI is InChI=1S/C28H40N4O4/c1-27(2,3)36-26(34)28(13-4-5-14-28)15-6-7-25(33)32-17-11-21(12-18-32)20-35-22-8-9-23(29-19-22)24-10-16-30-31-24/h8-10,16,19,21H,4-7,11-15,17-18,20H2,1-3H3,(H,30,31). The highest BCUT2D eigenvalue weighted by Crippen LogP contribution is 2.44. The van der Waals surface area contributed by atoms with Crippen molar-refractivity contribution in [1.29, 1.82) is 0 Å². The van der Waals surface area contributed by atoms with Crippen LogP contribution in [0.5, 0.6) is 5.75 Å². The van der Waals surface area contributed by atoms with Gasteiger partial charge in [0.2, 0.25) is 5.91 Å². The summed E-state index contributed by atoms with van der Waals surface area (Å²) < 4.78 is 11.7. The molecule has 2 aliphatic rings. The van der Waals surface area contributed by atoms with Gasteiger partial charge in [0.15, 0.2) is 0 Å². The molecule has 2 aromatic rings. The number of amides is 1. The second kappa shape index (κ2) is 11.4. The molecule has 36 heavy (non-hydrogen) atoms. The van der Waals surface area contributed by atoms with Gasteiger partial charge in [-0.25, -0.2) is 0 Å². The van der Waals surface area contributed by atoms with Gasteiger partial charge in [0.05, 0.1) is 29.6 Å². The third kappa shape index (κ3) is 6.86. The van der Waals surface area contributed by atoms with Gasteiger partial charge in [-0.05, 0) is 83.4 Å². The van der Waals surface area contributed by atoms with Crippen LogP contribution in [0.15, 0.2) is 30.6 Å². The molecular formula is C28H40N4O4. The maximum absolute atomic E-state index is 12.9. The molecular weight excluding hydrogens is 456 g/mol. The van der Waals surface area contributed by atoms with Gasteiger partial charge in [0.1, 0.15) is 11.4 Å². The second-order valence-corrected chi connectivity index (χ2v) is 11.3. The number of hydrogen-bond acceptors (Lipinski definition) is 6. The fourth-order valence-electron chi connectivity index (χ4n) is 5.32.